The van der Waals surface area contributed by atoms with Gasteiger partial charge in [-0.1, -0.05) is 54.2 Å². The number of benzene rings is 3. The van der Waals surface area contributed by atoms with E-state index in [9.17, 15) is 14.0 Å². The number of nitrogens with zero attached hydrogens (tertiary/aromatic N) is 3. The van der Waals surface area contributed by atoms with Gasteiger partial charge in [-0.25, -0.2) is 9.37 Å². The molecule has 4 rings (SSSR count). The Bertz CT molecular complexity index is 1270. The number of rotatable bonds is 6. The van der Waals surface area contributed by atoms with Gasteiger partial charge in [0.2, 0.25) is 5.91 Å². The SMILES string of the molecule is CN(C(=O)CSc1nc2ccccc2c(=O)n1Cc1ccc(F)cc1)c1ccccc1. The van der Waals surface area contributed by atoms with Crippen LogP contribution in [0.3, 0.4) is 0 Å². The molecule has 0 aliphatic heterocycles. The highest BCUT2D eigenvalue weighted by molar-refractivity contribution is 7.99. The Kier molecular flexibility index (Phi) is 6.13. The molecule has 7 heteroatoms. The molecule has 156 valence electrons. The van der Waals surface area contributed by atoms with Crippen LogP contribution in [0.15, 0.2) is 88.8 Å². The van der Waals surface area contributed by atoms with Crippen molar-refractivity contribution < 1.29 is 9.18 Å². The monoisotopic (exact) mass is 433 g/mol. The predicted molar refractivity (Wildman–Crippen MR) is 122 cm³/mol. The Balaban J connectivity index is 1.64. The van der Waals surface area contributed by atoms with Crippen LogP contribution in [0.1, 0.15) is 5.56 Å². The molecule has 0 radical (unpaired) electrons. The van der Waals surface area contributed by atoms with Gasteiger partial charge in [0, 0.05) is 12.7 Å². The minimum absolute atomic E-state index is 0.105. The second-order valence-corrected chi connectivity index (χ2v) is 7.95. The molecule has 1 amide bonds. The van der Waals surface area contributed by atoms with Crippen LogP contribution in [0.2, 0.25) is 0 Å². The van der Waals surface area contributed by atoms with E-state index in [4.69, 9.17) is 0 Å². The van der Waals surface area contributed by atoms with Crippen LogP contribution in [0.25, 0.3) is 10.9 Å². The Morgan fingerprint density at radius 2 is 1.68 bits per heavy atom. The summed E-state index contributed by atoms with van der Waals surface area (Å²) < 4.78 is 14.8. The van der Waals surface area contributed by atoms with Crippen LogP contribution in [-0.2, 0) is 11.3 Å². The summed E-state index contributed by atoms with van der Waals surface area (Å²) in [6.07, 6.45) is 0. The maximum Gasteiger partial charge on any atom is 0.262 e. The number of para-hydroxylation sites is 2. The van der Waals surface area contributed by atoms with Crippen molar-refractivity contribution in [3.05, 3.63) is 101 Å². The number of aromatic nitrogens is 2. The van der Waals surface area contributed by atoms with E-state index in [2.05, 4.69) is 4.98 Å². The van der Waals surface area contributed by atoms with Crippen molar-refractivity contribution in [2.45, 2.75) is 11.7 Å². The van der Waals surface area contributed by atoms with Gasteiger partial charge in [0.05, 0.1) is 23.2 Å². The maximum absolute atomic E-state index is 13.3. The standard InChI is InChI=1S/C24H20FN3O2S/c1-27(19-7-3-2-4-8-19)22(29)16-31-24-26-21-10-6-5-9-20(21)23(30)28(24)15-17-11-13-18(25)14-12-17/h2-14H,15-16H2,1H3. The average Bonchev–Trinajstić information content (AvgIpc) is 2.81. The number of fused-ring (bicyclic) bond motifs is 1. The number of halogens is 1. The molecule has 0 saturated carbocycles. The highest BCUT2D eigenvalue weighted by Gasteiger charge is 2.16. The predicted octanol–water partition coefficient (Wildman–Crippen LogP) is 4.34. The molecule has 1 heterocycles. The summed E-state index contributed by atoms with van der Waals surface area (Å²) >= 11 is 1.22. The molecule has 0 saturated heterocycles. The molecule has 1 aromatic heterocycles. The first-order valence-electron chi connectivity index (χ1n) is 9.71. The van der Waals surface area contributed by atoms with Crippen LogP contribution in [-0.4, -0.2) is 28.3 Å². The lowest BCUT2D eigenvalue weighted by Gasteiger charge is -2.18. The fourth-order valence-corrected chi connectivity index (χ4v) is 4.10. The van der Waals surface area contributed by atoms with Gasteiger partial charge in [0.1, 0.15) is 5.82 Å². The van der Waals surface area contributed by atoms with Gasteiger partial charge in [-0.2, -0.15) is 0 Å². The van der Waals surface area contributed by atoms with E-state index in [1.54, 1.807) is 42.3 Å². The quantitative estimate of drug-likeness (QED) is 0.335. The van der Waals surface area contributed by atoms with Gasteiger partial charge in [-0.05, 0) is 42.0 Å². The average molecular weight is 434 g/mol. The van der Waals surface area contributed by atoms with E-state index in [1.165, 1.54) is 28.5 Å². The minimum atomic E-state index is -0.336. The number of amides is 1. The normalized spacial score (nSPS) is 10.9. The molecule has 0 unspecified atom stereocenters. The highest BCUT2D eigenvalue weighted by Crippen LogP contribution is 2.21. The fourth-order valence-electron chi connectivity index (χ4n) is 3.19. The second kappa shape index (κ2) is 9.14. The summed E-state index contributed by atoms with van der Waals surface area (Å²) in [7, 11) is 1.72. The van der Waals surface area contributed by atoms with Gasteiger partial charge in [0.25, 0.3) is 5.56 Å². The molecule has 0 aliphatic carbocycles. The Labute approximate surface area is 183 Å². The number of hydrogen-bond donors (Lipinski definition) is 0. The van der Waals surface area contributed by atoms with E-state index in [-0.39, 0.29) is 29.6 Å². The smallest absolute Gasteiger partial charge is 0.262 e. The molecule has 0 aliphatic rings. The van der Waals surface area contributed by atoms with Crippen molar-refractivity contribution >= 4 is 34.3 Å². The third-order valence-electron chi connectivity index (χ3n) is 4.92. The van der Waals surface area contributed by atoms with Crippen LogP contribution in [0.5, 0.6) is 0 Å². The Morgan fingerprint density at radius 1 is 1.00 bits per heavy atom. The van der Waals surface area contributed by atoms with Crippen molar-refractivity contribution in [2.75, 3.05) is 17.7 Å². The summed E-state index contributed by atoms with van der Waals surface area (Å²) in [5.74, 6) is -0.316. The molecule has 5 nitrogen and oxygen atoms in total. The van der Waals surface area contributed by atoms with Crippen molar-refractivity contribution in [3.8, 4) is 0 Å². The lowest BCUT2D eigenvalue weighted by atomic mass is 10.2. The first-order chi connectivity index (χ1) is 15.0. The van der Waals surface area contributed by atoms with Gasteiger partial charge in [-0.3, -0.25) is 14.2 Å². The fraction of sp³-hybridized carbons (Fsp3) is 0.125. The van der Waals surface area contributed by atoms with Gasteiger partial charge in [-0.15, -0.1) is 0 Å². The summed E-state index contributed by atoms with van der Waals surface area (Å²) in [6.45, 7) is 0.238. The van der Waals surface area contributed by atoms with Crippen molar-refractivity contribution in [3.63, 3.8) is 0 Å². The third-order valence-corrected chi connectivity index (χ3v) is 5.88. The molecule has 0 atom stereocenters. The van der Waals surface area contributed by atoms with Crippen LogP contribution < -0.4 is 10.5 Å². The van der Waals surface area contributed by atoms with E-state index >= 15 is 0 Å². The van der Waals surface area contributed by atoms with E-state index in [0.29, 0.717) is 16.1 Å². The van der Waals surface area contributed by atoms with Gasteiger partial charge in [0.15, 0.2) is 5.16 Å². The molecule has 0 bridgehead atoms. The molecule has 0 N–H and O–H groups in total. The minimum Gasteiger partial charge on any atom is -0.315 e. The summed E-state index contributed by atoms with van der Waals surface area (Å²) in [5, 5.41) is 0.949. The van der Waals surface area contributed by atoms with E-state index in [1.807, 2.05) is 36.4 Å². The molecule has 0 fully saturated rings. The van der Waals surface area contributed by atoms with E-state index in [0.717, 1.165) is 11.3 Å². The number of carbonyl (C=O) groups excluding carboxylic acids is 1. The molecule has 0 spiro atoms. The maximum atomic E-state index is 13.3. The molecule has 4 aromatic rings. The summed E-state index contributed by atoms with van der Waals surface area (Å²) in [6, 6.07) is 22.5. The summed E-state index contributed by atoms with van der Waals surface area (Å²) in [4.78, 5) is 32.1. The van der Waals surface area contributed by atoms with Crippen molar-refractivity contribution in [2.24, 2.45) is 0 Å². The molecule has 3 aromatic carbocycles. The number of anilines is 1. The zero-order chi connectivity index (χ0) is 21.8. The first-order valence-corrected chi connectivity index (χ1v) is 10.7. The lowest BCUT2D eigenvalue weighted by Crippen LogP contribution is -2.29. The third kappa shape index (κ3) is 4.67. The summed E-state index contributed by atoms with van der Waals surface area (Å²) in [5.41, 5.74) is 1.95. The first kappa shape index (κ1) is 20.8. The number of thioether (sulfide) groups is 1. The highest BCUT2D eigenvalue weighted by atomic mass is 32.2. The van der Waals surface area contributed by atoms with Crippen LogP contribution in [0, 0.1) is 5.82 Å². The van der Waals surface area contributed by atoms with E-state index < -0.39 is 0 Å². The molecule has 31 heavy (non-hydrogen) atoms. The molecular formula is C24H20FN3O2S. The van der Waals surface area contributed by atoms with Crippen molar-refractivity contribution in [1.82, 2.24) is 9.55 Å². The van der Waals surface area contributed by atoms with Gasteiger partial charge < -0.3 is 4.90 Å². The van der Waals surface area contributed by atoms with Crippen molar-refractivity contribution in [1.29, 1.82) is 0 Å². The topological polar surface area (TPSA) is 55.2 Å². The largest absolute Gasteiger partial charge is 0.315 e. The molecular weight excluding hydrogens is 413 g/mol. The van der Waals surface area contributed by atoms with Gasteiger partial charge >= 0.3 is 0 Å². The zero-order valence-corrected chi connectivity index (χ0v) is 17.7. The zero-order valence-electron chi connectivity index (χ0n) is 16.9. The van der Waals surface area contributed by atoms with Crippen LogP contribution >= 0.6 is 11.8 Å². The second-order valence-electron chi connectivity index (χ2n) is 7.01. The Morgan fingerprint density at radius 3 is 2.42 bits per heavy atom. The number of hydrogen-bond acceptors (Lipinski definition) is 4. The Hall–Kier alpha value is -3.45. The van der Waals surface area contributed by atoms with Crippen LogP contribution in [0.4, 0.5) is 10.1 Å². The number of carbonyl (C=O) groups is 1. The lowest BCUT2D eigenvalue weighted by molar-refractivity contribution is -0.115.